The summed E-state index contributed by atoms with van der Waals surface area (Å²) in [4.78, 5) is 5.85. The van der Waals surface area contributed by atoms with Gasteiger partial charge < -0.3 is 15.1 Å². The Bertz CT molecular complexity index is 490. The van der Waals surface area contributed by atoms with Gasteiger partial charge in [-0.2, -0.15) is 13.2 Å². The molecule has 1 fully saturated rings. The molecule has 1 saturated heterocycles. The van der Waals surface area contributed by atoms with E-state index in [0.29, 0.717) is 19.7 Å². The fourth-order valence-electron chi connectivity index (χ4n) is 2.13. The number of halogens is 3. The summed E-state index contributed by atoms with van der Waals surface area (Å²) in [7, 11) is 0. The molecule has 0 bridgehead atoms. The molecule has 1 aliphatic heterocycles. The van der Waals surface area contributed by atoms with Gasteiger partial charge in [0.1, 0.15) is 11.6 Å². The van der Waals surface area contributed by atoms with Crippen LogP contribution in [0.3, 0.4) is 0 Å². The smallest absolute Gasteiger partial charge is 0.372 e. The fraction of sp³-hybridized carbons (Fsp3) is 0.583. The van der Waals surface area contributed by atoms with Crippen LogP contribution in [0.25, 0.3) is 0 Å². The third-order valence-corrected chi connectivity index (χ3v) is 3.04. The first-order valence-electron chi connectivity index (χ1n) is 6.16. The second kappa shape index (κ2) is 5.10. The van der Waals surface area contributed by atoms with Crippen molar-refractivity contribution >= 4 is 11.6 Å². The van der Waals surface area contributed by atoms with E-state index in [2.05, 4.69) is 10.4 Å². The van der Waals surface area contributed by atoms with Crippen LogP contribution in [0.5, 0.6) is 0 Å². The summed E-state index contributed by atoms with van der Waals surface area (Å²) in [5, 5.41) is 0. The van der Waals surface area contributed by atoms with Crippen LogP contribution in [-0.4, -0.2) is 30.3 Å². The fourth-order valence-corrected chi connectivity index (χ4v) is 2.13. The number of nitrogens with two attached hydrogens (primary N) is 1. The third-order valence-electron chi connectivity index (χ3n) is 3.04. The van der Waals surface area contributed by atoms with Gasteiger partial charge in [0.25, 0.3) is 0 Å². The molecule has 0 saturated carbocycles. The van der Waals surface area contributed by atoms with Gasteiger partial charge >= 0.3 is 6.18 Å². The van der Waals surface area contributed by atoms with Gasteiger partial charge in [-0.25, -0.2) is 10.8 Å². The van der Waals surface area contributed by atoms with Crippen molar-refractivity contribution < 1.29 is 17.9 Å². The maximum absolute atomic E-state index is 12.9. The van der Waals surface area contributed by atoms with Crippen LogP contribution in [0, 0.1) is 0 Å². The van der Waals surface area contributed by atoms with Crippen molar-refractivity contribution in [3.8, 4) is 0 Å². The number of ether oxygens (including phenoxy) is 1. The largest absolute Gasteiger partial charge is 0.416 e. The number of rotatable bonds is 2. The number of aromatic nitrogens is 1. The van der Waals surface area contributed by atoms with E-state index >= 15 is 0 Å². The minimum Gasteiger partial charge on any atom is -0.372 e. The first-order chi connectivity index (χ1) is 9.21. The second-order valence-corrected chi connectivity index (χ2v) is 5.27. The van der Waals surface area contributed by atoms with E-state index in [1.54, 1.807) is 4.90 Å². The molecule has 3 N–H and O–H groups in total. The minimum atomic E-state index is -4.44. The van der Waals surface area contributed by atoms with Crippen LogP contribution in [0.15, 0.2) is 12.1 Å². The average Bonchev–Trinajstić information content (AvgIpc) is 2.36. The molecule has 0 amide bonds. The standard InChI is InChI=1S/C12H17F3N4O/c1-11(2)7-19(3-4-20-11)10-6-8(12(13,14)15)5-9(17-10)18-16/h5-6H,3-4,7,16H2,1-2H3,(H,17,18). The topological polar surface area (TPSA) is 63.4 Å². The number of hydrogen-bond acceptors (Lipinski definition) is 5. The Balaban J connectivity index is 2.36. The number of morpholine rings is 1. The van der Waals surface area contributed by atoms with Crippen molar-refractivity contribution in [1.29, 1.82) is 0 Å². The summed E-state index contributed by atoms with van der Waals surface area (Å²) >= 11 is 0. The first-order valence-corrected chi connectivity index (χ1v) is 6.16. The summed E-state index contributed by atoms with van der Waals surface area (Å²) < 4.78 is 44.1. The van der Waals surface area contributed by atoms with Crippen molar-refractivity contribution in [2.24, 2.45) is 5.84 Å². The van der Waals surface area contributed by atoms with E-state index in [4.69, 9.17) is 10.6 Å². The summed E-state index contributed by atoms with van der Waals surface area (Å²) in [6.45, 7) is 5.16. The molecule has 1 aliphatic rings. The second-order valence-electron chi connectivity index (χ2n) is 5.27. The quantitative estimate of drug-likeness (QED) is 0.644. The van der Waals surface area contributed by atoms with Crippen molar-refractivity contribution in [2.75, 3.05) is 30.0 Å². The minimum absolute atomic E-state index is 0.0147. The molecular formula is C12H17F3N4O. The summed E-state index contributed by atoms with van der Waals surface area (Å²) in [5.41, 5.74) is 0.967. The number of hydrazine groups is 1. The highest BCUT2D eigenvalue weighted by molar-refractivity contribution is 5.51. The molecule has 0 atom stereocenters. The first kappa shape index (κ1) is 14.9. The molecule has 112 valence electrons. The monoisotopic (exact) mass is 290 g/mol. The number of pyridine rings is 1. The van der Waals surface area contributed by atoms with Crippen molar-refractivity contribution in [2.45, 2.75) is 25.6 Å². The van der Waals surface area contributed by atoms with Crippen LogP contribution < -0.4 is 16.2 Å². The molecule has 2 rings (SSSR count). The van der Waals surface area contributed by atoms with E-state index in [-0.39, 0.29) is 11.6 Å². The van der Waals surface area contributed by atoms with Gasteiger partial charge in [-0.1, -0.05) is 0 Å². The SMILES string of the molecule is CC1(C)CN(c2cc(C(F)(F)F)cc(NN)n2)CCO1. The predicted molar refractivity (Wildman–Crippen MR) is 69.3 cm³/mol. The Kier molecular flexibility index (Phi) is 3.79. The maximum Gasteiger partial charge on any atom is 0.416 e. The molecule has 2 heterocycles. The average molecular weight is 290 g/mol. The van der Waals surface area contributed by atoms with Gasteiger partial charge in [0.15, 0.2) is 0 Å². The van der Waals surface area contributed by atoms with E-state index in [1.165, 1.54) is 0 Å². The number of nitrogens with zero attached hydrogens (tertiary/aromatic N) is 2. The summed E-state index contributed by atoms with van der Waals surface area (Å²) in [5.74, 6) is 5.42. The molecule has 5 nitrogen and oxygen atoms in total. The molecular weight excluding hydrogens is 273 g/mol. The van der Waals surface area contributed by atoms with Gasteiger partial charge in [0, 0.05) is 13.1 Å². The highest BCUT2D eigenvalue weighted by Gasteiger charge is 2.34. The molecule has 8 heteroatoms. The molecule has 0 radical (unpaired) electrons. The number of nitrogens with one attached hydrogen (secondary N) is 1. The van der Waals surface area contributed by atoms with Crippen LogP contribution in [-0.2, 0) is 10.9 Å². The number of alkyl halides is 3. The Morgan fingerprint density at radius 3 is 2.65 bits per heavy atom. The highest BCUT2D eigenvalue weighted by Crippen LogP contribution is 2.33. The van der Waals surface area contributed by atoms with Gasteiger partial charge in [-0.15, -0.1) is 0 Å². The van der Waals surface area contributed by atoms with Crippen molar-refractivity contribution in [1.82, 2.24) is 4.98 Å². The van der Waals surface area contributed by atoms with Crippen LogP contribution >= 0.6 is 0 Å². The van der Waals surface area contributed by atoms with Gasteiger partial charge in [-0.05, 0) is 26.0 Å². The lowest BCUT2D eigenvalue weighted by Gasteiger charge is -2.39. The normalized spacial score (nSPS) is 19.0. The molecule has 0 spiro atoms. The molecule has 1 aromatic heterocycles. The van der Waals surface area contributed by atoms with Gasteiger partial charge in [0.05, 0.1) is 17.8 Å². The zero-order valence-electron chi connectivity index (χ0n) is 11.3. The van der Waals surface area contributed by atoms with Crippen molar-refractivity contribution in [3.63, 3.8) is 0 Å². The Labute approximate surface area is 114 Å². The lowest BCUT2D eigenvalue weighted by atomic mass is 10.1. The lowest BCUT2D eigenvalue weighted by molar-refractivity contribution is -0.137. The van der Waals surface area contributed by atoms with Crippen molar-refractivity contribution in [3.05, 3.63) is 17.7 Å². The zero-order chi connectivity index (χ0) is 15.0. The highest BCUT2D eigenvalue weighted by atomic mass is 19.4. The van der Waals surface area contributed by atoms with E-state index in [0.717, 1.165) is 12.1 Å². The van der Waals surface area contributed by atoms with E-state index < -0.39 is 17.3 Å². The lowest BCUT2D eigenvalue weighted by Crippen LogP contribution is -2.48. The summed E-state index contributed by atoms with van der Waals surface area (Å²) in [6, 6.07) is 1.91. The molecule has 0 aliphatic carbocycles. The van der Waals surface area contributed by atoms with E-state index in [9.17, 15) is 13.2 Å². The number of anilines is 2. The van der Waals surface area contributed by atoms with Gasteiger partial charge in [-0.3, -0.25) is 0 Å². The Hall–Kier alpha value is -1.54. The number of nitrogen functional groups attached to an aromatic ring is 1. The molecule has 1 aromatic rings. The molecule has 0 unspecified atom stereocenters. The summed E-state index contributed by atoms with van der Waals surface area (Å²) in [6.07, 6.45) is -4.44. The van der Waals surface area contributed by atoms with Gasteiger partial charge in [0.2, 0.25) is 0 Å². The molecule has 20 heavy (non-hydrogen) atoms. The number of hydrogen-bond donors (Lipinski definition) is 2. The van der Waals surface area contributed by atoms with Crippen LogP contribution in [0.4, 0.5) is 24.8 Å². The Morgan fingerprint density at radius 1 is 1.40 bits per heavy atom. The van der Waals surface area contributed by atoms with E-state index in [1.807, 2.05) is 13.8 Å². The van der Waals surface area contributed by atoms with Crippen LogP contribution in [0.2, 0.25) is 0 Å². The third kappa shape index (κ3) is 3.31. The molecule has 0 aromatic carbocycles. The predicted octanol–water partition coefficient (Wildman–Crippen LogP) is 2.00. The Morgan fingerprint density at radius 2 is 2.10 bits per heavy atom. The maximum atomic E-state index is 12.9. The zero-order valence-corrected chi connectivity index (χ0v) is 11.3. The van der Waals surface area contributed by atoms with Crippen LogP contribution in [0.1, 0.15) is 19.4 Å².